The first kappa shape index (κ1) is 15.6. The van der Waals surface area contributed by atoms with Gasteiger partial charge >= 0.3 is 12.1 Å². The molecular formula is C11H11ClF3NO3. The van der Waals surface area contributed by atoms with Crippen LogP contribution in [0.2, 0.25) is 0 Å². The van der Waals surface area contributed by atoms with Crippen LogP contribution < -0.4 is 0 Å². The third-order valence-corrected chi connectivity index (χ3v) is 2.63. The Balaban J connectivity index is 3.22. The van der Waals surface area contributed by atoms with E-state index in [1.54, 1.807) is 6.92 Å². The van der Waals surface area contributed by atoms with Crippen LogP contribution in [0.25, 0.3) is 0 Å². The fourth-order valence-corrected chi connectivity index (χ4v) is 1.87. The molecule has 0 saturated carbocycles. The van der Waals surface area contributed by atoms with Crippen molar-refractivity contribution in [3.05, 3.63) is 23.0 Å². The van der Waals surface area contributed by atoms with E-state index in [1.807, 2.05) is 0 Å². The van der Waals surface area contributed by atoms with Crippen LogP contribution in [-0.4, -0.2) is 22.4 Å². The molecule has 0 aliphatic carbocycles. The smallest absolute Gasteiger partial charge is 0.418 e. The summed E-state index contributed by atoms with van der Waals surface area (Å²) in [6, 6.07) is 0.729. The molecule has 0 spiro atoms. The van der Waals surface area contributed by atoms with Gasteiger partial charge in [0.2, 0.25) is 0 Å². The normalized spacial score (nSPS) is 11.5. The van der Waals surface area contributed by atoms with Gasteiger partial charge in [-0.1, -0.05) is 0 Å². The second-order valence-electron chi connectivity index (χ2n) is 3.71. The van der Waals surface area contributed by atoms with Crippen LogP contribution in [0.3, 0.4) is 0 Å². The van der Waals surface area contributed by atoms with Crippen LogP contribution in [0.5, 0.6) is 0 Å². The summed E-state index contributed by atoms with van der Waals surface area (Å²) in [4.78, 5) is 22.4. The van der Waals surface area contributed by atoms with E-state index in [-0.39, 0.29) is 18.7 Å². The van der Waals surface area contributed by atoms with E-state index in [0.29, 0.717) is 0 Å². The average Bonchev–Trinajstić information content (AvgIpc) is 2.56. The van der Waals surface area contributed by atoms with Gasteiger partial charge in [-0.3, -0.25) is 9.59 Å². The fourth-order valence-electron chi connectivity index (χ4n) is 1.64. The van der Waals surface area contributed by atoms with Gasteiger partial charge in [-0.2, -0.15) is 13.2 Å². The van der Waals surface area contributed by atoms with Crippen molar-refractivity contribution < 1.29 is 27.5 Å². The number of aromatic nitrogens is 1. The van der Waals surface area contributed by atoms with E-state index in [0.717, 1.165) is 10.6 Å². The highest BCUT2D eigenvalue weighted by Crippen LogP contribution is 2.34. The standard InChI is InChI=1S/C11H11ClF3NO3/c1-3-19-8(17)5-6-4-7(11(13,14)15)9(10(12)18)16(6)2/h4H,3,5H2,1-2H3. The highest BCUT2D eigenvalue weighted by atomic mass is 35.5. The molecule has 0 aliphatic rings. The molecule has 0 unspecified atom stereocenters. The SMILES string of the molecule is CCOC(=O)Cc1cc(C(F)(F)F)c(C(=O)Cl)n1C. The second-order valence-corrected chi connectivity index (χ2v) is 4.05. The largest absolute Gasteiger partial charge is 0.466 e. The molecule has 0 amide bonds. The second kappa shape index (κ2) is 5.64. The van der Waals surface area contributed by atoms with Crippen molar-refractivity contribution in [3.8, 4) is 0 Å². The van der Waals surface area contributed by atoms with E-state index < -0.39 is 28.6 Å². The van der Waals surface area contributed by atoms with Crippen molar-refractivity contribution in [3.63, 3.8) is 0 Å². The average molecular weight is 298 g/mol. The highest BCUT2D eigenvalue weighted by Gasteiger charge is 2.38. The van der Waals surface area contributed by atoms with Gasteiger partial charge in [0.1, 0.15) is 5.69 Å². The Hall–Kier alpha value is -1.50. The van der Waals surface area contributed by atoms with Gasteiger partial charge in [0.15, 0.2) is 0 Å². The molecule has 8 heteroatoms. The number of alkyl halides is 3. The Morgan fingerprint density at radius 3 is 2.37 bits per heavy atom. The van der Waals surface area contributed by atoms with E-state index in [9.17, 15) is 22.8 Å². The molecule has 0 aromatic carbocycles. The number of hydrogen-bond donors (Lipinski definition) is 0. The maximum Gasteiger partial charge on any atom is 0.418 e. The van der Waals surface area contributed by atoms with Gasteiger partial charge in [0, 0.05) is 12.7 Å². The Morgan fingerprint density at radius 2 is 2.00 bits per heavy atom. The molecule has 0 bridgehead atoms. The Labute approximate surface area is 112 Å². The number of hydrogen-bond acceptors (Lipinski definition) is 3. The Bertz CT molecular complexity index is 508. The Kier molecular flexibility index (Phi) is 4.62. The monoisotopic (exact) mass is 297 g/mol. The predicted octanol–water partition coefficient (Wildman–Crippen LogP) is 2.53. The number of carbonyl (C=O) groups excluding carboxylic acids is 2. The van der Waals surface area contributed by atoms with Crippen LogP contribution in [0.4, 0.5) is 13.2 Å². The lowest BCUT2D eigenvalue weighted by Gasteiger charge is -2.07. The number of halogens is 4. The van der Waals surface area contributed by atoms with Crippen LogP contribution in [0.15, 0.2) is 6.07 Å². The molecule has 0 radical (unpaired) electrons. The first-order valence-corrected chi connectivity index (χ1v) is 5.67. The van der Waals surface area contributed by atoms with E-state index in [1.165, 1.54) is 7.05 Å². The molecule has 1 heterocycles. The third kappa shape index (κ3) is 3.50. The van der Waals surface area contributed by atoms with Gasteiger partial charge in [0.05, 0.1) is 18.6 Å². The molecule has 0 aliphatic heterocycles. The van der Waals surface area contributed by atoms with Gasteiger partial charge in [-0.25, -0.2) is 0 Å². The molecule has 0 atom stereocenters. The zero-order valence-electron chi connectivity index (χ0n) is 10.2. The van der Waals surface area contributed by atoms with Crippen LogP contribution in [0, 0.1) is 0 Å². The lowest BCUT2D eigenvalue weighted by molar-refractivity contribution is -0.142. The third-order valence-electron chi connectivity index (χ3n) is 2.45. The number of esters is 1. The van der Waals surface area contributed by atoms with Crippen molar-refractivity contribution >= 4 is 22.8 Å². The molecule has 1 aromatic heterocycles. The summed E-state index contributed by atoms with van der Waals surface area (Å²) in [6.07, 6.45) is -5.08. The molecule has 106 valence electrons. The first-order valence-electron chi connectivity index (χ1n) is 5.29. The summed E-state index contributed by atoms with van der Waals surface area (Å²) >= 11 is 5.15. The lowest BCUT2D eigenvalue weighted by Crippen LogP contribution is -2.13. The number of carbonyl (C=O) groups is 2. The molecule has 0 saturated heterocycles. The minimum absolute atomic E-state index is 0.00905. The van der Waals surface area contributed by atoms with Crippen molar-refractivity contribution in [2.45, 2.75) is 19.5 Å². The van der Waals surface area contributed by atoms with Gasteiger partial charge in [0.25, 0.3) is 5.24 Å². The summed E-state index contributed by atoms with van der Waals surface area (Å²) in [5, 5.41) is -1.23. The maximum absolute atomic E-state index is 12.7. The van der Waals surface area contributed by atoms with Crippen molar-refractivity contribution in [1.29, 1.82) is 0 Å². The summed E-state index contributed by atoms with van der Waals surface area (Å²) in [5.74, 6) is -0.676. The fraction of sp³-hybridized carbons (Fsp3) is 0.455. The highest BCUT2D eigenvalue weighted by molar-refractivity contribution is 6.67. The quantitative estimate of drug-likeness (QED) is 0.634. The molecule has 0 fully saturated rings. The van der Waals surface area contributed by atoms with Crippen molar-refractivity contribution in [2.75, 3.05) is 6.61 Å². The van der Waals surface area contributed by atoms with Gasteiger partial charge in [-0.15, -0.1) is 0 Å². The minimum Gasteiger partial charge on any atom is -0.466 e. The zero-order chi connectivity index (χ0) is 14.8. The van der Waals surface area contributed by atoms with E-state index in [2.05, 4.69) is 4.74 Å². The zero-order valence-corrected chi connectivity index (χ0v) is 10.9. The molecule has 19 heavy (non-hydrogen) atoms. The summed E-state index contributed by atoms with van der Waals surface area (Å²) < 4.78 is 43.8. The number of rotatable bonds is 4. The molecular weight excluding hydrogens is 287 g/mol. The number of ether oxygens (including phenoxy) is 1. The topological polar surface area (TPSA) is 48.3 Å². The molecule has 4 nitrogen and oxygen atoms in total. The first-order chi connectivity index (χ1) is 8.68. The van der Waals surface area contributed by atoms with Crippen LogP contribution in [0.1, 0.15) is 28.7 Å². The van der Waals surface area contributed by atoms with Crippen LogP contribution in [-0.2, 0) is 29.2 Å². The summed E-state index contributed by atoms with van der Waals surface area (Å²) in [7, 11) is 1.24. The summed E-state index contributed by atoms with van der Waals surface area (Å²) in [6.45, 7) is 1.70. The van der Waals surface area contributed by atoms with Gasteiger partial charge in [-0.05, 0) is 24.6 Å². The minimum atomic E-state index is -4.72. The number of nitrogens with zero attached hydrogens (tertiary/aromatic N) is 1. The summed E-state index contributed by atoms with van der Waals surface area (Å²) in [5.41, 5.74) is -1.84. The van der Waals surface area contributed by atoms with E-state index in [4.69, 9.17) is 11.6 Å². The molecule has 1 rings (SSSR count). The van der Waals surface area contributed by atoms with Gasteiger partial charge < -0.3 is 9.30 Å². The van der Waals surface area contributed by atoms with Crippen molar-refractivity contribution in [2.24, 2.45) is 7.05 Å². The molecule has 0 N–H and O–H groups in total. The Morgan fingerprint density at radius 1 is 1.42 bits per heavy atom. The van der Waals surface area contributed by atoms with E-state index >= 15 is 0 Å². The van der Waals surface area contributed by atoms with Crippen molar-refractivity contribution in [1.82, 2.24) is 4.57 Å². The maximum atomic E-state index is 12.7. The van der Waals surface area contributed by atoms with Crippen LogP contribution >= 0.6 is 11.6 Å². The lowest BCUT2D eigenvalue weighted by atomic mass is 10.2. The predicted molar refractivity (Wildman–Crippen MR) is 60.9 cm³/mol. The molecule has 1 aromatic rings.